The second-order valence-corrected chi connectivity index (χ2v) is 8.05. The van der Waals surface area contributed by atoms with Crippen molar-refractivity contribution in [1.29, 1.82) is 0 Å². The van der Waals surface area contributed by atoms with Gasteiger partial charge in [0, 0.05) is 19.1 Å². The smallest absolute Gasteiger partial charge is 0.0198 e. The van der Waals surface area contributed by atoms with Gasteiger partial charge in [-0.2, -0.15) is 11.3 Å². The number of piperidine rings is 1. The van der Waals surface area contributed by atoms with Crippen molar-refractivity contribution in [1.82, 2.24) is 10.2 Å². The zero-order valence-corrected chi connectivity index (χ0v) is 14.2. The fraction of sp³-hybridized carbons (Fsp3) is 0.778. The number of thiophene rings is 1. The van der Waals surface area contributed by atoms with Crippen LogP contribution >= 0.6 is 11.3 Å². The molecule has 2 fully saturated rings. The van der Waals surface area contributed by atoms with E-state index < -0.39 is 0 Å². The fourth-order valence-corrected chi connectivity index (χ4v) is 4.89. The van der Waals surface area contributed by atoms with Crippen molar-refractivity contribution in [3.63, 3.8) is 0 Å². The number of nitrogens with zero attached hydrogens (tertiary/aromatic N) is 1. The number of likely N-dealkylation sites (N-methyl/N-ethyl adjacent to an activating group) is 1. The van der Waals surface area contributed by atoms with Crippen LogP contribution in [0.15, 0.2) is 16.8 Å². The molecule has 1 aliphatic heterocycles. The first-order valence-electron chi connectivity index (χ1n) is 8.72. The van der Waals surface area contributed by atoms with Crippen molar-refractivity contribution >= 4 is 11.3 Å². The van der Waals surface area contributed by atoms with Crippen LogP contribution in [0.4, 0.5) is 0 Å². The molecule has 2 heterocycles. The third-order valence-corrected chi connectivity index (χ3v) is 5.98. The molecule has 2 nitrogen and oxygen atoms in total. The first-order chi connectivity index (χ1) is 10.3. The van der Waals surface area contributed by atoms with Gasteiger partial charge in [-0.1, -0.05) is 19.3 Å². The topological polar surface area (TPSA) is 15.3 Å². The van der Waals surface area contributed by atoms with Crippen molar-refractivity contribution in [3.8, 4) is 0 Å². The molecule has 0 aromatic carbocycles. The zero-order valence-electron chi connectivity index (χ0n) is 13.4. The van der Waals surface area contributed by atoms with E-state index >= 15 is 0 Å². The molecule has 2 unspecified atom stereocenters. The largest absolute Gasteiger partial charge is 0.312 e. The summed E-state index contributed by atoms with van der Waals surface area (Å²) in [7, 11) is 2.29. The first-order valence-corrected chi connectivity index (χ1v) is 9.67. The normalized spacial score (nSPS) is 28.8. The summed E-state index contributed by atoms with van der Waals surface area (Å²) in [6.45, 7) is 3.74. The van der Waals surface area contributed by atoms with Crippen molar-refractivity contribution in [2.24, 2.45) is 11.8 Å². The highest BCUT2D eigenvalue weighted by Crippen LogP contribution is 2.25. The summed E-state index contributed by atoms with van der Waals surface area (Å²) >= 11 is 1.83. The molecular formula is C18H30N2S. The van der Waals surface area contributed by atoms with Crippen LogP contribution in [0.2, 0.25) is 0 Å². The SMILES string of the molecule is CN1CC(Cc2ccsc2)CC(NCC2CCCCC2)C1. The fourth-order valence-electron chi connectivity index (χ4n) is 4.21. The van der Waals surface area contributed by atoms with Crippen molar-refractivity contribution in [3.05, 3.63) is 22.4 Å². The molecule has 1 saturated heterocycles. The van der Waals surface area contributed by atoms with E-state index in [-0.39, 0.29) is 0 Å². The molecule has 1 N–H and O–H groups in total. The maximum absolute atomic E-state index is 3.89. The molecule has 1 aromatic rings. The summed E-state index contributed by atoms with van der Waals surface area (Å²) in [4.78, 5) is 2.53. The van der Waals surface area contributed by atoms with Gasteiger partial charge in [-0.05, 0) is 73.5 Å². The Kier molecular flexibility index (Phi) is 5.73. The standard InChI is InChI=1S/C18H30N2S/c1-20-12-17(9-16-7-8-21-14-16)10-18(13-20)19-11-15-5-3-2-4-6-15/h7-8,14-15,17-19H,2-6,9-13H2,1H3. The van der Waals surface area contributed by atoms with Gasteiger partial charge >= 0.3 is 0 Å². The number of hydrogen-bond acceptors (Lipinski definition) is 3. The molecule has 1 saturated carbocycles. The van der Waals surface area contributed by atoms with Crippen LogP contribution in [-0.2, 0) is 6.42 Å². The number of hydrogen-bond donors (Lipinski definition) is 1. The average molecular weight is 307 g/mol. The van der Waals surface area contributed by atoms with Gasteiger partial charge in [-0.15, -0.1) is 0 Å². The van der Waals surface area contributed by atoms with Crippen molar-refractivity contribution < 1.29 is 0 Å². The van der Waals surface area contributed by atoms with Gasteiger partial charge < -0.3 is 10.2 Å². The average Bonchev–Trinajstić information content (AvgIpc) is 2.99. The van der Waals surface area contributed by atoms with Crippen LogP contribution in [-0.4, -0.2) is 37.6 Å². The maximum Gasteiger partial charge on any atom is 0.0198 e. The Hall–Kier alpha value is -0.380. The third kappa shape index (κ3) is 4.80. The van der Waals surface area contributed by atoms with Crippen LogP contribution < -0.4 is 5.32 Å². The first kappa shape index (κ1) is 15.5. The molecule has 0 amide bonds. The summed E-state index contributed by atoms with van der Waals surface area (Å²) in [5.74, 6) is 1.77. The summed E-state index contributed by atoms with van der Waals surface area (Å²) in [5, 5.41) is 8.42. The molecule has 0 radical (unpaired) electrons. The quantitative estimate of drug-likeness (QED) is 0.890. The second kappa shape index (κ2) is 7.75. The van der Waals surface area contributed by atoms with Crippen LogP contribution in [0.5, 0.6) is 0 Å². The van der Waals surface area contributed by atoms with E-state index in [1.807, 2.05) is 11.3 Å². The van der Waals surface area contributed by atoms with Crippen molar-refractivity contribution in [2.45, 2.75) is 51.0 Å². The Morgan fingerprint density at radius 3 is 2.81 bits per heavy atom. The highest BCUT2D eigenvalue weighted by atomic mass is 32.1. The molecular weight excluding hydrogens is 276 g/mol. The lowest BCUT2D eigenvalue weighted by Crippen LogP contribution is -2.49. The Bertz CT molecular complexity index is 397. The summed E-state index contributed by atoms with van der Waals surface area (Å²) in [6.07, 6.45) is 9.89. The van der Waals surface area contributed by atoms with Gasteiger partial charge in [-0.3, -0.25) is 0 Å². The monoisotopic (exact) mass is 306 g/mol. The molecule has 118 valence electrons. The van der Waals surface area contributed by atoms with E-state index in [4.69, 9.17) is 0 Å². The lowest BCUT2D eigenvalue weighted by atomic mass is 9.87. The van der Waals surface area contributed by atoms with Gasteiger partial charge in [0.2, 0.25) is 0 Å². The number of rotatable bonds is 5. The van der Waals surface area contributed by atoms with Crippen LogP contribution in [0, 0.1) is 11.8 Å². The Morgan fingerprint density at radius 1 is 1.19 bits per heavy atom. The Morgan fingerprint density at radius 2 is 2.05 bits per heavy atom. The van der Waals surface area contributed by atoms with Crippen LogP contribution in [0.3, 0.4) is 0 Å². The molecule has 2 atom stereocenters. The Labute approximate surface area is 133 Å². The number of nitrogens with one attached hydrogen (secondary N) is 1. The maximum atomic E-state index is 3.89. The predicted molar refractivity (Wildman–Crippen MR) is 92.0 cm³/mol. The summed E-state index contributed by atoms with van der Waals surface area (Å²) < 4.78 is 0. The Balaban J connectivity index is 1.46. The predicted octanol–water partition coefficient (Wildman–Crippen LogP) is 3.78. The number of likely N-dealkylation sites (tertiary alicyclic amines) is 1. The van der Waals surface area contributed by atoms with Gasteiger partial charge in [0.1, 0.15) is 0 Å². The van der Waals surface area contributed by atoms with E-state index in [0.717, 1.165) is 11.8 Å². The lowest BCUT2D eigenvalue weighted by Gasteiger charge is -2.37. The molecule has 0 bridgehead atoms. The molecule has 3 heteroatoms. The molecule has 0 spiro atoms. The van der Waals surface area contributed by atoms with Gasteiger partial charge in [0.15, 0.2) is 0 Å². The minimum atomic E-state index is 0.703. The van der Waals surface area contributed by atoms with E-state index in [1.165, 1.54) is 70.1 Å². The molecule has 1 aliphatic carbocycles. The van der Waals surface area contributed by atoms with E-state index in [2.05, 4.69) is 34.1 Å². The minimum Gasteiger partial charge on any atom is -0.312 e. The third-order valence-electron chi connectivity index (χ3n) is 5.24. The highest BCUT2D eigenvalue weighted by molar-refractivity contribution is 7.07. The van der Waals surface area contributed by atoms with E-state index in [0.29, 0.717) is 6.04 Å². The van der Waals surface area contributed by atoms with E-state index in [1.54, 1.807) is 0 Å². The van der Waals surface area contributed by atoms with Gasteiger partial charge in [0.05, 0.1) is 0 Å². The molecule has 21 heavy (non-hydrogen) atoms. The van der Waals surface area contributed by atoms with Crippen molar-refractivity contribution in [2.75, 3.05) is 26.7 Å². The van der Waals surface area contributed by atoms with Crippen LogP contribution in [0.1, 0.15) is 44.1 Å². The zero-order chi connectivity index (χ0) is 14.5. The lowest BCUT2D eigenvalue weighted by molar-refractivity contribution is 0.163. The molecule has 2 aliphatic rings. The second-order valence-electron chi connectivity index (χ2n) is 7.27. The summed E-state index contributed by atoms with van der Waals surface area (Å²) in [5.41, 5.74) is 1.53. The molecule has 1 aromatic heterocycles. The molecule has 3 rings (SSSR count). The van der Waals surface area contributed by atoms with Crippen LogP contribution in [0.25, 0.3) is 0 Å². The summed E-state index contributed by atoms with van der Waals surface area (Å²) in [6, 6.07) is 3.00. The minimum absolute atomic E-state index is 0.703. The van der Waals surface area contributed by atoms with E-state index in [9.17, 15) is 0 Å². The highest BCUT2D eigenvalue weighted by Gasteiger charge is 2.26. The van der Waals surface area contributed by atoms with Gasteiger partial charge in [-0.25, -0.2) is 0 Å². The van der Waals surface area contributed by atoms with Gasteiger partial charge in [0.25, 0.3) is 0 Å².